The monoisotopic (exact) mass is 220 g/mol. The molecule has 0 aromatic heterocycles. The summed E-state index contributed by atoms with van der Waals surface area (Å²) < 4.78 is 5.64. The molecule has 1 aliphatic heterocycles. The molecule has 2 unspecified atom stereocenters. The number of amides is 1. The summed E-state index contributed by atoms with van der Waals surface area (Å²) in [4.78, 5) is 10.9. The summed E-state index contributed by atoms with van der Waals surface area (Å²) in [7, 11) is 0. The van der Waals surface area contributed by atoms with Crippen molar-refractivity contribution in [3.05, 3.63) is 35.4 Å². The summed E-state index contributed by atoms with van der Waals surface area (Å²) >= 11 is 0. The van der Waals surface area contributed by atoms with Crippen LogP contribution in [-0.4, -0.2) is 18.6 Å². The minimum absolute atomic E-state index is 0.104. The minimum atomic E-state index is -0.642. The van der Waals surface area contributed by atoms with E-state index in [0.29, 0.717) is 13.0 Å². The van der Waals surface area contributed by atoms with E-state index >= 15 is 0 Å². The van der Waals surface area contributed by atoms with Crippen molar-refractivity contribution in [2.45, 2.75) is 25.0 Å². The van der Waals surface area contributed by atoms with Gasteiger partial charge < -0.3 is 16.2 Å². The molecule has 4 heteroatoms. The second kappa shape index (κ2) is 4.63. The van der Waals surface area contributed by atoms with Gasteiger partial charge in [-0.1, -0.05) is 24.3 Å². The highest BCUT2D eigenvalue weighted by Gasteiger charge is 2.24. The molecule has 1 aromatic rings. The van der Waals surface area contributed by atoms with Gasteiger partial charge in [0.05, 0.1) is 18.8 Å². The van der Waals surface area contributed by atoms with Crippen LogP contribution in [0, 0.1) is 0 Å². The quantitative estimate of drug-likeness (QED) is 0.778. The van der Waals surface area contributed by atoms with Gasteiger partial charge in [-0.15, -0.1) is 0 Å². The van der Waals surface area contributed by atoms with Gasteiger partial charge in [0, 0.05) is 6.42 Å². The standard InChI is InChI=1S/C12H16N2O2/c13-10(12(14)15)7-11-9-4-2-1-3-8(9)5-6-16-11/h1-4,10-11H,5-7,13H2,(H2,14,15). The molecule has 4 nitrogen and oxygen atoms in total. The van der Waals surface area contributed by atoms with E-state index in [-0.39, 0.29) is 6.10 Å². The highest BCUT2D eigenvalue weighted by Crippen LogP contribution is 2.29. The van der Waals surface area contributed by atoms with Crippen molar-refractivity contribution in [3.63, 3.8) is 0 Å². The van der Waals surface area contributed by atoms with Crippen molar-refractivity contribution in [3.8, 4) is 0 Å². The van der Waals surface area contributed by atoms with Crippen LogP contribution in [0.1, 0.15) is 23.7 Å². The number of nitrogens with two attached hydrogens (primary N) is 2. The average Bonchev–Trinajstić information content (AvgIpc) is 2.29. The number of carbonyl (C=O) groups is 1. The van der Waals surface area contributed by atoms with E-state index < -0.39 is 11.9 Å². The third kappa shape index (κ3) is 2.23. The Morgan fingerprint density at radius 3 is 3.00 bits per heavy atom. The highest BCUT2D eigenvalue weighted by atomic mass is 16.5. The van der Waals surface area contributed by atoms with Crippen LogP contribution < -0.4 is 11.5 Å². The van der Waals surface area contributed by atoms with Gasteiger partial charge in [0.2, 0.25) is 5.91 Å². The fourth-order valence-electron chi connectivity index (χ4n) is 2.02. The lowest BCUT2D eigenvalue weighted by molar-refractivity contribution is -0.120. The first kappa shape index (κ1) is 11.1. The first-order chi connectivity index (χ1) is 7.68. The fraction of sp³-hybridized carbons (Fsp3) is 0.417. The molecule has 0 spiro atoms. The van der Waals surface area contributed by atoms with Gasteiger partial charge in [0.25, 0.3) is 0 Å². The summed E-state index contributed by atoms with van der Waals surface area (Å²) in [5.41, 5.74) is 13.2. The van der Waals surface area contributed by atoms with Gasteiger partial charge in [-0.05, 0) is 17.5 Å². The Labute approximate surface area is 94.6 Å². The topological polar surface area (TPSA) is 78.3 Å². The Bertz CT molecular complexity index is 392. The molecule has 2 atom stereocenters. The highest BCUT2D eigenvalue weighted by molar-refractivity contribution is 5.79. The molecule has 1 aliphatic rings. The summed E-state index contributed by atoms with van der Waals surface area (Å²) in [6.45, 7) is 0.674. The Kier molecular flexibility index (Phi) is 3.22. The lowest BCUT2D eigenvalue weighted by atomic mass is 9.94. The summed E-state index contributed by atoms with van der Waals surface area (Å²) in [5.74, 6) is -0.480. The normalized spacial score (nSPS) is 21.2. The number of carbonyl (C=O) groups excluding carboxylic acids is 1. The maximum Gasteiger partial charge on any atom is 0.234 e. The van der Waals surface area contributed by atoms with Crippen LogP contribution in [0.2, 0.25) is 0 Å². The van der Waals surface area contributed by atoms with E-state index in [2.05, 4.69) is 6.07 Å². The maximum absolute atomic E-state index is 10.9. The number of benzene rings is 1. The molecule has 1 heterocycles. The minimum Gasteiger partial charge on any atom is -0.373 e. The van der Waals surface area contributed by atoms with E-state index in [1.54, 1.807) is 0 Å². The molecule has 0 fully saturated rings. The number of primary amides is 1. The molecule has 0 radical (unpaired) electrons. The van der Waals surface area contributed by atoms with Crippen molar-refractivity contribution in [1.29, 1.82) is 0 Å². The zero-order chi connectivity index (χ0) is 11.5. The van der Waals surface area contributed by atoms with Crippen molar-refractivity contribution < 1.29 is 9.53 Å². The lowest BCUT2D eigenvalue weighted by Gasteiger charge is -2.27. The van der Waals surface area contributed by atoms with E-state index in [4.69, 9.17) is 16.2 Å². The number of hydrogen-bond acceptors (Lipinski definition) is 3. The molecule has 0 saturated heterocycles. The van der Waals surface area contributed by atoms with Crippen LogP contribution in [0.15, 0.2) is 24.3 Å². The summed E-state index contributed by atoms with van der Waals surface area (Å²) in [6.07, 6.45) is 1.26. The van der Waals surface area contributed by atoms with Gasteiger partial charge in [-0.3, -0.25) is 4.79 Å². The van der Waals surface area contributed by atoms with E-state index in [0.717, 1.165) is 12.0 Å². The van der Waals surface area contributed by atoms with Gasteiger partial charge in [-0.25, -0.2) is 0 Å². The molecule has 1 aromatic carbocycles. The van der Waals surface area contributed by atoms with Crippen molar-refractivity contribution in [2.75, 3.05) is 6.61 Å². The molecule has 0 bridgehead atoms. The first-order valence-corrected chi connectivity index (χ1v) is 5.43. The SMILES string of the molecule is NC(=O)C(N)CC1OCCc2ccccc21. The Balaban J connectivity index is 2.16. The zero-order valence-corrected chi connectivity index (χ0v) is 9.06. The van der Waals surface area contributed by atoms with E-state index in [9.17, 15) is 4.79 Å². The first-order valence-electron chi connectivity index (χ1n) is 5.43. The Morgan fingerprint density at radius 2 is 2.25 bits per heavy atom. The van der Waals surface area contributed by atoms with Crippen LogP contribution >= 0.6 is 0 Å². The van der Waals surface area contributed by atoms with E-state index in [1.807, 2.05) is 18.2 Å². The second-order valence-electron chi connectivity index (χ2n) is 4.05. The second-order valence-corrected chi connectivity index (χ2v) is 4.05. The van der Waals surface area contributed by atoms with Crippen LogP contribution in [0.3, 0.4) is 0 Å². The van der Waals surface area contributed by atoms with Gasteiger partial charge in [-0.2, -0.15) is 0 Å². The summed E-state index contributed by atoms with van der Waals surface area (Å²) in [6, 6.07) is 7.44. The Hall–Kier alpha value is -1.39. The van der Waals surface area contributed by atoms with Crippen molar-refractivity contribution >= 4 is 5.91 Å². The molecule has 86 valence electrons. The van der Waals surface area contributed by atoms with Crippen LogP contribution in [0.4, 0.5) is 0 Å². The molecular weight excluding hydrogens is 204 g/mol. The smallest absolute Gasteiger partial charge is 0.234 e. The molecule has 2 rings (SSSR count). The largest absolute Gasteiger partial charge is 0.373 e. The van der Waals surface area contributed by atoms with Crippen molar-refractivity contribution in [2.24, 2.45) is 11.5 Å². The molecule has 16 heavy (non-hydrogen) atoms. The third-order valence-electron chi connectivity index (χ3n) is 2.93. The number of hydrogen-bond donors (Lipinski definition) is 2. The lowest BCUT2D eigenvalue weighted by Crippen LogP contribution is -2.38. The predicted octanol–water partition coefficient (Wildman–Crippen LogP) is 0.503. The number of rotatable bonds is 3. The molecular formula is C12H16N2O2. The van der Waals surface area contributed by atoms with Gasteiger partial charge in [0.15, 0.2) is 0 Å². The average molecular weight is 220 g/mol. The molecule has 4 N–H and O–H groups in total. The van der Waals surface area contributed by atoms with Crippen molar-refractivity contribution in [1.82, 2.24) is 0 Å². The van der Waals surface area contributed by atoms with Crippen LogP contribution in [-0.2, 0) is 16.0 Å². The predicted molar refractivity (Wildman–Crippen MR) is 60.6 cm³/mol. The Morgan fingerprint density at radius 1 is 1.50 bits per heavy atom. The molecule has 1 amide bonds. The molecule has 0 saturated carbocycles. The van der Waals surface area contributed by atoms with Crippen LogP contribution in [0.5, 0.6) is 0 Å². The van der Waals surface area contributed by atoms with Gasteiger partial charge in [0.1, 0.15) is 0 Å². The maximum atomic E-state index is 10.9. The summed E-state index contributed by atoms with van der Waals surface area (Å²) in [5, 5.41) is 0. The van der Waals surface area contributed by atoms with Crippen LogP contribution in [0.25, 0.3) is 0 Å². The third-order valence-corrected chi connectivity index (χ3v) is 2.93. The van der Waals surface area contributed by atoms with Gasteiger partial charge >= 0.3 is 0 Å². The number of fused-ring (bicyclic) bond motifs is 1. The fourth-order valence-corrected chi connectivity index (χ4v) is 2.02. The van der Waals surface area contributed by atoms with E-state index in [1.165, 1.54) is 5.56 Å². The number of ether oxygens (including phenoxy) is 1. The molecule has 0 aliphatic carbocycles. The zero-order valence-electron chi connectivity index (χ0n) is 9.06.